The van der Waals surface area contributed by atoms with Gasteiger partial charge in [0, 0.05) is 19.2 Å². The second-order valence-electron chi connectivity index (χ2n) is 4.74. The van der Waals surface area contributed by atoms with Crippen molar-refractivity contribution in [3.8, 4) is 11.1 Å². The maximum atomic E-state index is 11.8. The van der Waals surface area contributed by atoms with Crippen molar-refractivity contribution in [3.63, 3.8) is 0 Å². The van der Waals surface area contributed by atoms with Crippen LogP contribution in [0.3, 0.4) is 0 Å². The second-order valence-corrected chi connectivity index (χ2v) is 4.74. The Bertz CT molecular complexity index is 673. The van der Waals surface area contributed by atoms with Gasteiger partial charge in [-0.3, -0.25) is 4.79 Å². The molecule has 0 fully saturated rings. The average Bonchev–Trinajstić information content (AvgIpc) is 2.84. The third-order valence-corrected chi connectivity index (χ3v) is 3.69. The van der Waals surface area contributed by atoms with Crippen LogP contribution in [0.2, 0.25) is 0 Å². The first-order chi connectivity index (χ1) is 9.22. The molecule has 0 atom stereocenters. The van der Waals surface area contributed by atoms with Gasteiger partial charge in [0.1, 0.15) is 0 Å². The van der Waals surface area contributed by atoms with Crippen LogP contribution >= 0.6 is 0 Å². The van der Waals surface area contributed by atoms with Crippen molar-refractivity contribution in [1.29, 1.82) is 0 Å². The van der Waals surface area contributed by atoms with Crippen molar-refractivity contribution < 1.29 is 4.79 Å². The number of carbonyl (C=O) groups excluding carboxylic acids is 1. The number of fused-ring (bicyclic) bond motifs is 3. The number of rotatable bonds is 2. The zero-order valence-corrected chi connectivity index (χ0v) is 10.9. The summed E-state index contributed by atoms with van der Waals surface area (Å²) in [6.07, 6.45) is 2.23. The van der Waals surface area contributed by atoms with E-state index in [0.717, 1.165) is 12.1 Å². The molecule has 2 nitrogen and oxygen atoms in total. The molecule has 0 aliphatic heterocycles. The fraction of sp³-hybridized carbons (Fsp3) is 0.118. The van der Waals surface area contributed by atoms with Gasteiger partial charge < -0.3 is 4.90 Å². The second kappa shape index (κ2) is 4.39. The summed E-state index contributed by atoms with van der Waals surface area (Å²) >= 11 is 0. The van der Waals surface area contributed by atoms with Crippen LogP contribution in [0.15, 0.2) is 55.1 Å². The zero-order chi connectivity index (χ0) is 13.4. The molecule has 0 unspecified atom stereocenters. The fourth-order valence-electron chi connectivity index (χ4n) is 2.71. The van der Waals surface area contributed by atoms with Gasteiger partial charge in [0.15, 0.2) is 0 Å². The third-order valence-electron chi connectivity index (χ3n) is 3.69. The molecule has 1 aliphatic carbocycles. The van der Waals surface area contributed by atoms with E-state index in [2.05, 4.69) is 36.9 Å². The van der Waals surface area contributed by atoms with E-state index < -0.39 is 0 Å². The van der Waals surface area contributed by atoms with E-state index in [-0.39, 0.29) is 5.91 Å². The molecule has 0 N–H and O–H groups in total. The fourth-order valence-corrected chi connectivity index (χ4v) is 2.71. The van der Waals surface area contributed by atoms with E-state index in [0.29, 0.717) is 0 Å². The molecule has 0 bridgehead atoms. The molecule has 1 aliphatic rings. The first-order valence-corrected chi connectivity index (χ1v) is 6.32. The van der Waals surface area contributed by atoms with Gasteiger partial charge in [-0.1, -0.05) is 43.0 Å². The van der Waals surface area contributed by atoms with Crippen molar-refractivity contribution in [1.82, 2.24) is 0 Å². The zero-order valence-electron chi connectivity index (χ0n) is 10.9. The Kier molecular flexibility index (Phi) is 2.71. The number of hydrogen-bond donors (Lipinski definition) is 0. The summed E-state index contributed by atoms with van der Waals surface area (Å²) in [5, 5.41) is 0. The van der Waals surface area contributed by atoms with Gasteiger partial charge in [0.2, 0.25) is 5.91 Å². The molecule has 19 heavy (non-hydrogen) atoms. The van der Waals surface area contributed by atoms with Crippen molar-refractivity contribution in [2.75, 3.05) is 11.9 Å². The van der Waals surface area contributed by atoms with Crippen LogP contribution in [0.25, 0.3) is 11.1 Å². The van der Waals surface area contributed by atoms with E-state index in [4.69, 9.17) is 0 Å². The first-order valence-electron chi connectivity index (χ1n) is 6.32. The Hall–Kier alpha value is -2.35. The predicted octanol–water partition coefficient (Wildman–Crippen LogP) is 3.41. The molecule has 2 aromatic carbocycles. The lowest BCUT2D eigenvalue weighted by molar-refractivity contribution is -0.113. The highest BCUT2D eigenvalue weighted by molar-refractivity contribution is 6.02. The molecule has 94 valence electrons. The van der Waals surface area contributed by atoms with Crippen LogP contribution in [0.1, 0.15) is 11.1 Å². The summed E-state index contributed by atoms with van der Waals surface area (Å²) in [5.41, 5.74) is 6.03. The Morgan fingerprint density at radius 2 is 1.89 bits per heavy atom. The van der Waals surface area contributed by atoms with Gasteiger partial charge >= 0.3 is 0 Å². The van der Waals surface area contributed by atoms with Crippen LogP contribution in [0.4, 0.5) is 5.69 Å². The van der Waals surface area contributed by atoms with Gasteiger partial charge in [0.05, 0.1) is 0 Å². The number of anilines is 1. The van der Waals surface area contributed by atoms with Crippen LogP contribution in [0, 0.1) is 0 Å². The van der Waals surface area contributed by atoms with Crippen LogP contribution < -0.4 is 4.90 Å². The highest BCUT2D eigenvalue weighted by Gasteiger charge is 2.22. The maximum Gasteiger partial charge on any atom is 0.250 e. The SMILES string of the molecule is C=CC(=O)N(C)c1cccc2c1Cc1ccccc1-2. The quantitative estimate of drug-likeness (QED) is 0.637. The first kappa shape index (κ1) is 11.7. The van der Waals surface area contributed by atoms with Crippen molar-refractivity contribution in [2.24, 2.45) is 0 Å². The summed E-state index contributed by atoms with van der Waals surface area (Å²) in [4.78, 5) is 13.5. The maximum absolute atomic E-state index is 11.8. The third kappa shape index (κ3) is 1.76. The Morgan fingerprint density at radius 1 is 1.16 bits per heavy atom. The Balaban J connectivity index is 2.13. The number of carbonyl (C=O) groups is 1. The molecule has 1 amide bonds. The van der Waals surface area contributed by atoms with Crippen LogP contribution in [0.5, 0.6) is 0 Å². The molecule has 0 saturated heterocycles. The number of amides is 1. The largest absolute Gasteiger partial charge is 0.312 e. The van der Waals surface area contributed by atoms with Crippen LogP contribution in [-0.4, -0.2) is 13.0 Å². The minimum atomic E-state index is -0.0793. The van der Waals surface area contributed by atoms with E-state index >= 15 is 0 Å². The molecule has 3 rings (SSSR count). The van der Waals surface area contributed by atoms with Gasteiger partial charge in [-0.05, 0) is 34.4 Å². The average molecular weight is 249 g/mol. The van der Waals surface area contributed by atoms with E-state index in [1.807, 2.05) is 12.1 Å². The molecule has 0 saturated carbocycles. The normalized spacial score (nSPS) is 11.6. The molecule has 2 heteroatoms. The lowest BCUT2D eigenvalue weighted by atomic mass is 10.0. The molecular formula is C17H15NO. The molecule has 0 radical (unpaired) electrons. The number of nitrogens with zero attached hydrogens (tertiary/aromatic N) is 1. The van der Waals surface area contributed by atoms with Gasteiger partial charge in [-0.2, -0.15) is 0 Å². The summed E-state index contributed by atoms with van der Waals surface area (Å²) < 4.78 is 0. The highest BCUT2D eigenvalue weighted by atomic mass is 16.2. The molecule has 2 aromatic rings. The summed E-state index contributed by atoms with van der Waals surface area (Å²) in [5.74, 6) is -0.0793. The summed E-state index contributed by atoms with van der Waals surface area (Å²) in [6, 6.07) is 14.5. The van der Waals surface area contributed by atoms with E-state index in [9.17, 15) is 4.79 Å². The molecular weight excluding hydrogens is 234 g/mol. The number of benzene rings is 2. The number of hydrogen-bond acceptors (Lipinski definition) is 1. The van der Waals surface area contributed by atoms with Crippen molar-refractivity contribution in [3.05, 3.63) is 66.2 Å². The molecule has 0 aromatic heterocycles. The lowest BCUT2D eigenvalue weighted by Gasteiger charge is -2.19. The minimum absolute atomic E-state index is 0.0793. The van der Waals surface area contributed by atoms with Crippen molar-refractivity contribution >= 4 is 11.6 Å². The Morgan fingerprint density at radius 3 is 2.68 bits per heavy atom. The van der Waals surface area contributed by atoms with Crippen LogP contribution in [-0.2, 0) is 11.2 Å². The van der Waals surface area contributed by atoms with Gasteiger partial charge in [0.25, 0.3) is 0 Å². The smallest absolute Gasteiger partial charge is 0.250 e. The van der Waals surface area contributed by atoms with E-state index in [1.165, 1.54) is 28.3 Å². The molecule has 0 spiro atoms. The highest BCUT2D eigenvalue weighted by Crippen LogP contribution is 2.40. The monoisotopic (exact) mass is 249 g/mol. The van der Waals surface area contributed by atoms with E-state index in [1.54, 1.807) is 11.9 Å². The summed E-state index contributed by atoms with van der Waals surface area (Å²) in [7, 11) is 1.79. The summed E-state index contributed by atoms with van der Waals surface area (Å²) in [6.45, 7) is 3.55. The van der Waals surface area contributed by atoms with Crippen molar-refractivity contribution in [2.45, 2.75) is 6.42 Å². The Labute approximate surface area is 113 Å². The predicted molar refractivity (Wildman–Crippen MR) is 78.3 cm³/mol. The van der Waals surface area contributed by atoms with Gasteiger partial charge in [-0.15, -0.1) is 0 Å². The minimum Gasteiger partial charge on any atom is -0.312 e. The molecule has 0 heterocycles. The van der Waals surface area contributed by atoms with Gasteiger partial charge in [-0.25, -0.2) is 0 Å². The standard InChI is InChI=1S/C17H15NO/c1-3-17(19)18(2)16-10-6-9-14-13-8-5-4-7-12(13)11-15(14)16/h3-10H,1,11H2,2H3. The topological polar surface area (TPSA) is 20.3 Å². The number of likely N-dealkylation sites (N-methyl/N-ethyl adjacent to an activating group) is 1. The lowest BCUT2D eigenvalue weighted by Crippen LogP contribution is -2.24.